The zero-order valence-electron chi connectivity index (χ0n) is 23.6. The minimum atomic E-state index is 0.0334. The fourth-order valence-corrected chi connectivity index (χ4v) is 7.70. The first-order chi connectivity index (χ1) is 18.6. The molecule has 4 atom stereocenters. The van der Waals surface area contributed by atoms with Gasteiger partial charge in [-0.3, -0.25) is 9.98 Å². The monoisotopic (exact) mass is 511 g/mol. The Morgan fingerprint density at radius 3 is 2.66 bits per heavy atom. The lowest BCUT2D eigenvalue weighted by Gasteiger charge is -2.33. The molecular formula is C34H45N3O. The SMILES string of the molecule is CCC1CC=Nc2c(CO)c(N3CCC(C)C3)cc(-c3ccc4c(c3)N=CC(C(C)C3CCCCC3)C4)c21. The normalized spacial score (nSPS) is 25.9. The number of aliphatic imine (C=N–C) groups is 2. The third kappa shape index (κ3) is 4.74. The molecule has 0 bridgehead atoms. The molecule has 0 spiro atoms. The summed E-state index contributed by atoms with van der Waals surface area (Å²) in [5, 5.41) is 10.5. The van der Waals surface area contributed by atoms with Gasteiger partial charge in [-0.05, 0) is 83.7 Å². The Labute approximate surface area is 229 Å². The summed E-state index contributed by atoms with van der Waals surface area (Å²) in [4.78, 5) is 12.5. The molecule has 4 aliphatic rings. The summed E-state index contributed by atoms with van der Waals surface area (Å²) in [7, 11) is 0. The summed E-state index contributed by atoms with van der Waals surface area (Å²) in [6.45, 7) is 9.19. The van der Waals surface area contributed by atoms with Crippen LogP contribution in [0.3, 0.4) is 0 Å². The Bertz CT molecular complexity index is 1220. The number of nitrogens with zero attached hydrogens (tertiary/aromatic N) is 3. The molecular weight excluding hydrogens is 466 g/mol. The van der Waals surface area contributed by atoms with E-state index in [4.69, 9.17) is 9.98 Å². The smallest absolute Gasteiger partial charge is 0.0742 e. The number of aliphatic hydroxyl groups excluding tert-OH is 1. The van der Waals surface area contributed by atoms with Crippen LogP contribution in [0.4, 0.5) is 17.1 Å². The van der Waals surface area contributed by atoms with E-state index in [0.717, 1.165) is 55.2 Å². The van der Waals surface area contributed by atoms with Crippen molar-refractivity contribution in [3.63, 3.8) is 0 Å². The molecule has 0 radical (unpaired) electrons. The van der Waals surface area contributed by atoms with E-state index in [0.29, 0.717) is 23.7 Å². The summed E-state index contributed by atoms with van der Waals surface area (Å²) in [6.07, 6.45) is 15.7. The summed E-state index contributed by atoms with van der Waals surface area (Å²) in [6, 6.07) is 9.37. The molecule has 2 fully saturated rings. The lowest BCUT2D eigenvalue weighted by Crippen LogP contribution is -2.26. The Hall–Kier alpha value is -2.46. The number of aliphatic hydroxyl groups is 1. The van der Waals surface area contributed by atoms with Gasteiger partial charge in [-0.25, -0.2) is 0 Å². The second-order valence-electron chi connectivity index (χ2n) is 12.6. The predicted molar refractivity (Wildman–Crippen MR) is 161 cm³/mol. The van der Waals surface area contributed by atoms with Crippen molar-refractivity contribution in [1.29, 1.82) is 0 Å². The Morgan fingerprint density at radius 2 is 1.92 bits per heavy atom. The molecule has 4 unspecified atom stereocenters. The summed E-state index contributed by atoms with van der Waals surface area (Å²) in [5.74, 6) is 3.22. The van der Waals surface area contributed by atoms with Crippen molar-refractivity contribution in [2.45, 2.75) is 91.1 Å². The average Bonchev–Trinajstić information content (AvgIpc) is 3.41. The highest BCUT2D eigenvalue weighted by molar-refractivity contribution is 5.88. The van der Waals surface area contributed by atoms with Gasteiger partial charge in [0.05, 0.1) is 18.0 Å². The highest BCUT2D eigenvalue weighted by Gasteiger charge is 2.31. The van der Waals surface area contributed by atoms with Gasteiger partial charge < -0.3 is 10.0 Å². The van der Waals surface area contributed by atoms with Gasteiger partial charge in [-0.1, -0.05) is 65.0 Å². The number of anilines is 1. The molecule has 3 aliphatic heterocycles. The maximum atomic E-state index is 10.5. The van der Waals surface area contributed by atoms with Crippen LogP contribution < -0.4 is 4.90 Å². The minimum Gasteiger partial charge on any atom is -0.392 e. The second-order valence-corrected chi connectivity index (χ2v) is 12.6. The van der Waals surface area contributed by atoms with E-state index >= 15 is 0 Å². The Balaban J connectivity index is 1.38. The summed E-state index contributed by atoms with van der Waals surface area (Å²) >= 11 is 0. The van der Waals surface area contributed by atoms with Gasteiger partial charge in [0.1, 0.15) is 0 Å². The topological polar surface area (TPSA) is 48.2 Å². The van der Waals surface area contributed by atoms with Crippen LogP contribution in [-0.2, 0) is 13.0 Å². The number of benzene rings is 2. The van der Waals surface area contributed by atoms with Crippen LogP contribution in [0, 0.1) is 23.7 Å². The van der Waals surface area contributed by atoms with Crippen molar-refractivity contribution in [1.82, 2.24) is 0 Å². The molecule has 4 nitrogen and oxygen atoms in total. The first-order valence-electron chi connectivity index (χ1n) is 15.3. The van der Waals surface area contributed by atoms with Gasteiger partial charge >= 0.3 is 0 Å². The third-order valence-electron chi connectivity index (χ3n) is 10.2. The van der Waals surface area contributed by atoms with Crippen LogP contribution >= 0.6 is 0 Å². The molecule has 2 aromatic rings. The van der Waals surface area contributed by atoms with E-state index in [2.05, 4.69) is 62.4 Å². The number of hydrogen-bond donors (Lipinski definition) is 1. The predicted octanol–water partition coefficient (Wildman–Crippen LogP) is 8.38. The van der Waals surface area contributed by atoms with Crippen molar-refractivity contribution in [2.75, 3.05) is 18.0 Å². The maximum absolute atomic E-state index is 10.5. The fraction of sp³-hybridized carbons (Fsp3) is 0.588. The van der Waals surface area contributed by atoms with Crippen molar-refractivity contribution in [2.24, 2.45) is 33.7 Å². The fourth-order valence-electron chi connectivity index (χ4n) is 7.70. The van der Waals surface area contributed by atoms with Gasteiger partial charge in [-0.2, -0.15) is 0 Å². The molecule has 4 heteroatoms. The van der Waals surface area contributed by atoms with Crippen LogP contribution in [0.2, 0.25) is 0 Å². The van der Waals surface area contributed by atoms with E-state index in [9.17, 15) is 5.11 Å². The maximum Gasteiger partial charge on any atom is 0.0742 e. The molecule has 1 N–H and O–H groups in total. The van der Waals surface area contributed by atoms with Crippen LogP contribution in [0.1, 0.15) is 94.7 Å². The highest BCUT2D eigenvalue weighted by Crippen LogP contribution is 2.49. The van der Waals surface area contributed by atoms with Crippen molar-refractivity contribution >= 4 is 29.5 Å². The molecule has 0 aromatic heterocycles. The molecule has 2 aromatic carbocycles. The van der Waals surface area contributed by atoms with E-state index in [1.807, 2.05) is 0 Å². The lowest BCUT2D eigenvalue weighted by atomic mass is 9.73. The van der Waals surface area contributed by atoms with Crippen LogP contribution in [0.5, 0.6) is 0 Å². The zero-order valence-corrected chi connectivity index (χ0v) is 23.6. The van der Waals surface area contributed by atoms with E-state index in [1.165, 1.54) is 66.5 Å². The number of rotatable bonds is 6. The zero-order chi connectivity index (χ0) is 26.2. The molecule has 3 heterocycles. The van der Waals surface area contributed by atoms with Gasteiger partial charge in [-0.15, -0.1) is 0 Å². The average molecular weight is 512 g/mol. The van der Waals surface area contributed by atoms with Crippen LogP contribution in [0.15, 0.2) is 34.3 Å². The lowest BCUT2D eigenvalue weighted by molar-refractivity contribution is 0.228. The van der Waals surface area contributed by atoms with E-state index < -0.39 is 0 Å². The van der Waals surface area contributed by atoms with Crippen molar-refractivity contribution in [3.05, 3.63) is 41.0 Å². The number of fused-ring (bicyclic) bond motifs is 2. The van der Waals surface area contributed by atoms with E-state index in [1.54, 1.807) is 0 Å². The summed E-state index contributed by atoms with van der Waals surface area (Å²) in [5.41, 5.74) is 9.56. The van der Waals surface area contributed by atoms with Crippen LogP contribution in [0.25, 0.3) is 11.1 Å². The Kier molecular flexibility index (Phi) is 7.44. The molecule has 1 aliphatic carbocycles. The van der Waals surface area contributed by atoms with E-state index in [-0.39, 0.29) is 6.61 Å². The quantitative estimate of drug-likeness (QED) is 0.423. The largest absolute Gasteiger partial charge is 0.392 e. The standard InChI is InChI=1S/C34H45N3O/c1-4-24-12-14-35-34-30(21-38)32(37-15-13-22(2)20-37)18-29(33(24)34)26-10-11-27-16-28(19-36-31(27)17-26)23(3)25-8-6-5-7-9-25/h10-11,14,17-19,22-25,28,38H,4-9,12-13,15-16,20-21H2,1-3H3. The second kappa shape index (κ2) is 11.0. The molecule has 38 heavy (non-hydrogen) atoms. The molecule has 1 saturated heterocycles. The van der Waals surface area contributed by atoms with Gasteiger partial charge in [0.2, 0.25) is 0 Å². The number of hydrogen-bond acceptors (Lipinski definition) is 4. The molecule has 0 amide bonds. The highest BCUT2D eigenvalue weighted by atomic mass is 16.3. The first-order valence-corrected chi connectivity index (χ1v) is 15.3. The van der Waals surface area contributed by atoms with Crippen LogP contribution in [-0.4, -0.2) is 30.6 Å². The Morgan fingerprint density at radius 1 is 1.08 bits per heavy atom. The summed E-state index contributed by atoms with van der Waals surface area (Å²) < 4.78 is 0. The molecule has 1 saturated carbocycles. The van der Waals surface area contributed by atoms with Gasteiger partial charge in [0.25, 0.3) is 0 Å². The molecule has 6 rings (SSSR count). The van der Waals surface area contributed by atoms with Crippen molar-refractivity contribution < 1.29 is 5.11 Å². The third-order valence-corrected chi connectivity index (χ3v) is 10.2. The first kappa shape index (κ1) is 25.8. The van der Waals surface area contributed by atoms with Gasteiger partial charge in [0, 0.05) is 42.7 Å². The van der Waals surface area contributed by atoms with Gasteiger partial charge in [0.15, 0.2) is 0 Å². The molecule has 202 valence electrons. The van der Waals surface area contributed by atoms with Crippen molar-refractivity contribution in [3.8, 4) is 11.1 Å². The minimum absolute atomic E-state index is 0.0334.